The van der Waals surface area contributed by atoms with Gasteiger partial charge in [-0.15, -0.1) is 0 Å². The molecule has 0 aromatic heterocycles. The highest BCUT2D eigenvalue weighted by molar-refractivity contribution is 5.97. The molecule has 8 atom stereocenters. The second kappa shape index (κ2) is 62.3. The average molecular weight is 2050 g/mol. The normalized spacial score (nSPS) is 16.1. The highest BCUT2D eigenvalue weighted by atomic mass is 16.7. The molecule has 4 heterocycles. The van der Waals surface area contributed by atoms with E-state index in [4.69, 9.17) is 114 Å². The third-order valence-corrected chi connectivity index (χ3v) is 21.4. The molecule has 40 heteroatoms. The molecule has 4 unspecified atom stereocenters. The Hall–Kier alpha value is -16.4. The maximum absolute atomic E-state index is 12.6. The standard InChI is InChI=1S/C31H34O12.C29H30O12.C25H26O8.C23H22O8/c1-3-26(32)37-16-6-4-5-7-17-38-31(35)42-23-14-10-20(11-15-23)29(33)41-22-12-8-21(9-13-22)30(34)43-25-19-40-27-24(36-2)18-39-28(25)27;1-3-24(30)35-14-4-5-15-36-29(33)40-21-12-8-18(9-13-21)27(31)39-20-10-6-19(7-11-20)28(32)41-23-17-38-25-22(34-2)16-37-26(23)25;1-3-23(27)30-16-6-4-5-7-17-31-25(29)33-22-14-10-20(11-15-22)24(28)32-21-12-8-19(9-13-21)18(2)26;1-3-21(25)28-14-4-5-15-29-23(27)31-20-12-8-18(9-13-20)22(26)30-19-10-6-17(7-11-19)16(2)24/h3,8-15,24-25,27-28H,1,4-7,16-19H2,2H3;3,6-13,22-23,25-26H,1,4-5,14-17H2,2H3;3,8-15H,1,4-7,16-17H2,2H3;3,6-13H,1,4-5,14-15H2,2H3/t24-,25-,27?,28?;22-,23-,25?,26?;;/m00../s1. The van der Waals surface area contributed by atoms with E-state index < -0.39 is 96.5 Å². The summed E-state index contributed by atoms with van der Waals surface area (Å²) >= 11 is 0. The molecule has 0 saturated carbocycles. The van der Waals surface area contributed by atoms with Gasteiger partial charge in [-0.2, -0.15) is 0 Å². The molecule has 148 heavy (non-hydrogen) atoms. The fourth-order valence-electron chi connectivity index (χ4n) is 13.6. The largest absolute Gasteiger partial charge is 0.513 e. The Labute approximate surface area is 850 Å². The van der Waals surface area contributed by atoms with Gasteiger partial charge in [0.1, 0.15) is 82.6 Å². The van der Waals surface area contributed by atoms with Crippen molar-refractivity contribution in [1.29, 1.82) is 0 Å². The van der Waals surface area contributed by atoms with Gasteiger partial charge in [0.05, 0.1) is 113 Å². The molecule has 12 rings (SSSR count). The number of unbranched alkanes of at least 4 members (excludes halogenated alkanes) is 8. The Bertz CT molecular complexity index is 5780. The Morgan fingerprint density at radius 1 is 0.230 bits per heavy atom. The van der Waals surface area contributed by atoms with Crippen LogP contribution in [0.25, 0.3) is 0 Å². The monoisotopic (exact) mass is 2050 g/mol. The van der Waals surface area contributed by atoms with Crippen LogP contribution in [-0.2, 0) is 95.0 Å². The molecule has 4 aliphatic rings. The molecule has 40 nitrogen and oxygen atoms in total. The van der Waals surface area contributed by atoms with Crippen molar-refractivity contribution >= 4 is 95.9 Å². The first kappa shape index (κ1) is 115. The van der Waals surface area contributed by atoms with E-state index in [2.05, 4.69) is 26.3 Å². The van der Waals surface area contributed by atoms with E-state index in [9.17, 15) is 76.7 Å². The summed E-state index contributed by atoms with van der Waals surface area (Å²) in [5, 5.41) is 0. The van der Waals surface area contributed by atoms with Crippen LogP contribution in [0, 0.1) is 0 Å². The topological polar surface area (TPSA) is 495 Å². The van der Waals surface area contributed by atoms with Crippen LogP contribution < -0.4 is 37.9 Å². The number of benzene rings is 8. The summed E-state index contributed by atoms with van der Waals surface area (Å²) in [6.07, 6.45) is 6.15. The predicted molar refractivity (Wildman–Crippen MR) is 518 cm³/mol. The fourth-order valence-corrected chi connectivity index (χ4v) is 13.6. The molecule has 784 valence electrons. The van der Waals surface area contributed by atoms with Crippen LogP contribution in [0.4, 0.5) is 19.2 Å². The summed E-state index contributed by atoms with van der Waals surface area (Å²) < 4.78 is 125. The van der Waals surface area contributed by atoms with Crippen molar-refractivity contribution in [1.82, 2.24) is 0 Å². The fraction of sp³-hybridized carbons (Fsp3) is 0.333. The van der Waals surface area contributed by atoms with Crippen molar-refractivity contribution in [2.45, 2.75) is 140 Å². The minimum Gasteiger partial charge on any atom is -0.463 e. The number of methoxy groups -OCH3 is 2. The van der Waals surface area contributed by atoms with Crippen molar-refractivity contribution in [3.63, 3.8) is 0 Å². The zero-order valence-corrected chi connectivity index (χ0v) is 81.5. The molecule has 4 fully saturated rings. The number of Topliss-reactive ketones (excluding diaryl/α,β-unsaturated/α-hetero) is 2. The smallest absolute Gasteiger partial charge is 0.463 e. The first-order chi connectivity index (χ1) is 71.5. The SMILES string of the molecule is C=CC(=O)OCCCCCCOC(=O)Oc1ccc(C(=O)Oc2ccc(C(=O)O[C@H]3COC4C3OC[C@@H]4OC)cc2)cc1.C=CC(=O)OCCCCCCOC(=O)Oc1ccc(C(=O)Oc2ccc(C(C)=O)cc2)cc1.C=CC(=O)OCCCCOC(=O)Oc1ccc(C(=O)Oc2ccc(C(=O)O[C@H]3COC4C3OC[C@@H]4OC)cc2)cc1.C=CC(=O)OCCCCOC(=O)Oc1ccc(C(=O)Oc2ccc(C(C)=O)cc2)cc1. The number of carbonyl (C=O) groups is 16. The van der Waals surface area contributed by atoms with Gasteiger partial charge in [0.2, 0.25) is 0 Å². The van der Waals surface area contributed by atoms with Crippen LogP contribution in [-0.4, -0.2) is 238 Å². The van der Waals surface area contributed by atoms with Gasteiger partial charge in [-0.3, -0.25) is 9.59 Å². The maximum atomic E-state index is 12.6. The number of hydrogen-bond donors (Lipinski definition) is 0. The van der Waals surface area contributed by atoms with Crippen LogP contribution in [0.5, 0.6) is 46.0 Å². The number of esters is 10. The van der Waals surface area contributed by atoms with Crippen molar-refractivity contribution in [2.24, 2.45) is 0 Å². The number of hydrogen-bond acceptors (Lipinski definition) is 40. The quantitative estimate of drug-likeness (QED) is 0.00650. The Kier molecular flexibility index (Phi) is 48.5. The van der Waals surface area contributed by atoms with Crippen molar-refractivity contribution in [3.8, 4) is 46.0 Å². The van der Waals surface area contributed by atoms with Gasteiger partial charge in [-0.25, -0.2) is 67.1 Å². The number of carbonyl (C=O) groups excluding carboxylic acids is 16. The third-order valence-electron chi connectivity index (χ3n) is 21.4. The van der Waals surface area contributed by atoms with Crippen molar-refractivity contribution in [3.05, 3.63) is 289 Å². The number of rotatable bonds is 48. The molecule has 4 aliphatic heterocycles. The van der Waals surface area contributed by atoms with Gasteiger partial charge in [0.15, 0.2) is 23.8 Å². The lowest BCUT2D eigenvalue weighted by atomic mass is 10.1. The van der Waals surface area contributed by atoms with Gasteiger partial charge in [-0.1, -0.05) is 26.3 Å². The lowest BCUT2D eigenvalue weighted by Crippen LogP contribution is -2.34. The molecule has 0 spiro atoms. The van der Waals surface area contributed by atoms with Gasteiger partial charge < -0.3 is 114 Å². The number of fused-ring (bicyclic) bond motifs is 2. The molecular formula is C108H112O40. The average Bonchev–Trinajstić information content (AvgIpc) is 1.65. The zero-order chi connectivity index (χ0) is 106. The summed E-state index contributed by atoms with van der Waals surface area (Å²) in [5.41, 5.74) is 2.56. The van der Waals surface area contributed by atoms with Crippen LogP contribution in [0.1, 0.15) is 174 Å². The third kappa shape index (κ3) is 40.0. The van der Waals surface area contributed by atoms with Crippen LogP contribution in [0.2, 0.25) is 0 Å². The predicted octanol–water partition coefficient (Wildman–Crippen LogP) is 16.4. The first-order valence-electron chi connectivity index (χ1n) is 46.7. The first-order valence-corrected chi connectivity index (χ1v) is 46.7. The molecule has 0 radical (unpaired) electrons. The van der Waals surface area contributed by atoms with Gasteiger partial charge >= 0.3 is 84.3 Å². The van der Waals surface area contributed by atoms with E-state index in [0.717, 1.165) is 56.4 Å². The molecular weight excluding hydrogens is 1940 g/mol. The van der Waals surface area contributed by atoms with Crippen molar-refractivity contribution in [2.75, 3.05) is 93.5 Å². The van der Waals surface area contributed by atoms with Crippen LogP contribution in [0.3, 0.4) is 0 Å². The van der Waals surface area contributed by atoms with E-state index >= 15 is 0 Å². The summed E-state index contributed by atoms with van der Waals surface area (Å²) in [6, 6.07) is 47.5. The van der Waals surface area contributed by atoms with Crippen molar-refractivity contribution < 1.29 is 190 Å². The summed E-state index contributed by atoms with van der Waals surface area (Å²) in [4.78, 5) is 188. The van der Waals surface area contributed by atoms with E-state index in [1.807, 2.05) is 0 Å². The van der Waals surface area contributed by atoms with Gasteiger partial charge in [0.25, 0.3) is 0 Å². The maximum Gasteiger partial charge on any atom is 0.513 e. The van der Waals surface area contributed by atoms with Gasteiger partial charge in [-0.05, 0) is 285 Å². The zero-order valence-electron chi connectivity index (χ0n) is 81.5. The summed E-state index contributed by atoms with van der Waals surface area (Å²) in [7, 11) is 3.16. The summed E-state index contributed by atoms with van der Waals surface area (Å²) in [6.45, 7) is 19.0. The molecule has 0 aliphatic carbocycles. The lowest BCUT2D eigenvalue weighted by molar-refractivity contribution is -0.138. The van der Waals surface area contributed by atoms with E-state index in [0.29, 0.717) is 94.0 Å². The second-order valence-electron chi connectivity index (χ2n) is 32.0. The Morgan fingerprint density at radius 3 is 0.595 bits per heavy atom. The highest BCUT2D eigenvalue weighted by Crippen LogP contribution is 2.34. The molecule has 0 N–H and O–H groups in total. The molecule has 0 amide bonds. The Morgan fingerprint density at radius 2 is 0.399 bits per heavy atom. The lowest BCUT2D eigenvalue weighted by Gasteiger charge is -2.16. The van der Waals surface area contributed by atoms with E-state index in [1.54, 1.807) is 50.6 Å². The number of ether oxygens (including phenoxy) is 24. The van der Waals surface area contributed by atoms with Crippen LogP contribution in [0.15, 0.2) is 245 Å². The van der Waals surface area contributed by atoms with Crippen LogP contribution >= 0.6 is 0 Å². The van der Waals surface area contributed by atoms with E-state index in [1.165, 1.54) is 172 Å². The molecule has 8 aromatic rings. The highest BCUT2D eigenvalue weighted by Gasteiger charge is 2.51. The second-order valence-corrected chi connectivity index (χ2v) is 32.0. The number of ketones is 2. The Balaban J connectivity index is 0.000000221. The molecule has 4 saturated heterocycles. The molecule has 8 aromatic carbocycles. The summed E-state index contributed by atoms with van der Waals surface area (Å²) in [5.74, 6) is -3.74. The minimum absolute atomic E-state index is 0.0780. The van der Waals surface area contributed by atoms with Gasteiger partial charge in [0, 0.05) is 49.7 Å². The van der Waals surface area contributed by atoms with E-state index in [-0.39, 0.29) is 169 Å². The molecule has 0 bridgehead atoms. The minimum atomic E-state index is -0.905.